The van der Waals surface area contributed by atoms with E-state index in [9.17, 15) is 14.7 Å². The SMILES string of the molecule is C[C@@H](Nc1c(Nc2cc3nc[nH]c3cc2Cl)c(=O)c1=O)c1cccc(O)c1. The zero-order valence-electron chi connectivity index (χ0n) is 14.2. The van der Waals surface area contributed by atoms with Crippen molar-refractivity contribution in [3.63, 3.8) is 0 Å². The molecule has 4 N–H and O–H groups in total. The van der Waals surface area contributed by atoms with Crippen LogP contribution < -0.4 is 21.5 Å². The van der Waals surface area contributed by atoms with Gasteiger partial charge in [-0.1, -0.05) is 23.7 Å². The highest BCUT2D eigenvalue weighted by Crippen LogP contribution is 2.31. The van der Waals surface area contributed by atoms with Crippen molar-refractivity contribution in [2.75, 3.05) is 10.6 Å². The molecular weight excluding hydrogens is 368 g/mol. The van der Waals surface area contributed by atoms with Crippen molar-refractivity contribution >= 4 is 39.7 Å². The molecule has 0 unspecified atom stereocenters. The molecule has 0 saturated carbocycles. The molecule has 1 aromatic heterocycles. The van der Waals surface area contributed by atoms with E-state index in [4.69, 9.17) is 11.6 Å². The number of nitrogens with zero attached hydrogens (tertiary/aromatic N) is 1. The highest BCUT2D eigenvalue weighted by molar-refractivity contribution is 6.34. The quantitative estimate of drug-likeness (QED) is 0.394. The lowest BCUT2D eigenvalue weighted by Crippen LogP contribution is -2.37. The number of benzene rings is 2. The number of imidazole rings is 1. The molecule has 0 aliphatic rings. The maximum Gasteiger partial charge on any atom is 0.253 e. The third kappa shape index (κ3) is 3.02. The molecule has 27 heavy (non-hydrogen) atoms. The predicted octanol–water partition coefficient (Wildman–Crippen LogP) is 3.43. The number of H-pyrrole nitrogens is 1. The van der Waals surface area contributed by atoms with E-state index < -0.39 is 10.9 Å². The molecular formula is C19H15ClN4O3. The van der Waals surface area contributed by atoms with Crippen molar-refractivity contribution in [3.05, 3.63) is 73.8 Å². The van der Waals surface area contributed by atoms with Gasteiger partial charge in [-0.3, -0.25) is 9.59 Å². The van der Waals surface area contributed by atoms with Gasteiger partial charge in [-0.25, -0.2) is 4.98 Å². The fraction of sp³-hybridized carbons (Fsp3) is 0.105. The van der Waals surface area contributed by atoms with E-state index in [1.54, 1.807) is 36.7 Å². The highest BCUT2D eigenvalue weighted by Gasteiger charge is 2.23. The Morgan fingerprint density at radius 2 is 1.93 bits per heavy atom. The van der Waals surface area contributed by atoms with E-state index in [1.807, 2.05) is 13.0 Å². The average molecular weight is 383 g/mol. The first-order valence-corrected chi connectivity index (χ1v) is 8.60. The van der Waals surface area contributed by atoms with E-state index in [0.29, 0.717) is 16.2 Å². The number of aromatic hydroxyl groups is 1. The molecule has 0 spiro atoms. The normalized spacial score (nSPS) is 12.4. The number of hydrogen-bond donors (Lipinski definition) is 4. The Kier molecular flexibility index (Phi) is 4.08. The van der Waals surface area contributed by atoms with Crippen molar-refractivity contribution in [1.82, 2.24) is 9.97 Å². The zero-order valence-corrected chi connectivity index (χ0v) is 15.0. The standard InChI is InChI=1S/C19H15ClN4O3/c1-9(10-3-2-4-11(25)5-10)23-16-17(19(27)18(16)26)24-13-7-15-14(6-12(13)20)21-8-22-15/h2-9,23-25H,1H3,(H,21,22)/t9-/m1/s1. The molecule has 0 aliphatic carbocycles. The molecule has 0 radical (unpaired) electrons. The minimum Gasteiger partial charge on any atom is -0.508 e. The summed E-state index contributed by atoms with van der Waals surface area (Å²) in [5.74, 6) is 0.128. The number of phenolic OH excluding ortho intramolecular Hbond substituents is 1. The molecule has 1 atom stereocenters. The van der Waals surface area contributed by atoms with Crippen LogP contribution in [0, 0.1) is 0 Å². The highest BCUT2D eigenvalue weighted by atomic mass is 35.5. The Hall–Kier alpha value is -3.32. The maximum atomic E-state index is 12.1. The van der Waals surface area contributed by atoms with Gasteiger partial charge in [0.1, 0.15) is 17.1 Å². The second kappa shape index (κ2) is 6.44. The Balaban J connectivity index is 1.63. The van der Waals surface area contributed by atoms with Crippen molar-refractivity contribution in [3.8, 4) is 5.75 Å². The summed E-state index contributed by atoms with van der Waals surface area (Å²) in [6.07, 6.45) is 1.55. The fourth-order valence-electron chi connectivity index (χ4n) is 2.93. The third-order valence-corrected chi connectivity index (χ3v) is 4.72. The van der Waals surface area contributed by atoms with Gasteiger partial charge >= 0.3 is 0 Å². The topological polar surface area (TPSA) is 107 Å². The number of aromatic nitrogens is 2. The first-order valence-electron chi connectivity index (χ1n) is 8.22. The monoisotopic (exact) mass is 382 g/mol. The lowest BCUT2D eigenvalue weighted by atomic mass is 10.1. The third-order valence-electron chi connectivity index (χ3n) is 4.41. The van der Waals surface area contributed by atoms with Crippen LogP contribution in [-0.4, -0.2) is 15.1 Å². The van der Waals surface area contributed by atoms with Gasteiger partial charge in [-0.2, -0.15) is 0 Å². The summed E-state index contributed by atoms with van der Waals surface area (Å²) < 4.78 is 0. The lowest BCUT2D eigenvalue weighted by molar-refractivity contribution is 0.474. The predicted molar refractivity (Wildman–Crippen MR) is 106 cm³/mol. The number of rotatable bonds is 5. The summed E-state index contributed by atoms with van der Waals surface area (Å²) in [6.45, 7) is 1.83. The molecule has 3 aromatic carbocycles. The number of halogens is 1. The van der Waals surface area contributed by atoms with Crippen LogP contribution >= 0.6 is 11.6 Å². The van der Waals surface area contributed by atoms with E-state index in [1.165, 1.54) is 0 Å². The van der Waals surface area contributed by atoms with E-state index >= 15 is 0 Å². The first kappa shape index (κ1) is 17.1. The van der Waals surface area contributed by atoms with Gasteiger partial charge < -0.3 is 20.7 Å². The van der Waals surface area contributed by atoms with Crippen molar-refractivity contribution < 1.29 is 5.11 Å². The van der Waals surface area contributed by atoms with Crippen LogP contribution in [0.3, 0.4) is 0 Å². The molecule has 4 rings (SSSR count). The number of fused-ring (bicyclic) bond motifs is 1. The second-order valence-corrected chi connectivity index (χ2v) is 6.65. The number of nitrogens with one attached hydrogen (secondary N) is 3. The van der Waals surface area contributed by atoms with Crippen LogP contribution in [0.25, 0.3) is 11.0 Å². The Bertz CT molecular complexity index is 1220. The number of phenols is 1. The number of hydrogen-bond acceptors (Lipinski definition) is 6. The van der Waals surface area contributed by atoms with Crippen LogP contribution in [0.5, 0.6) is 5.75 Å². The van der Waals surface area contributed by atoms with Crippen molar-refractivity contribution in [2.24, 2.45) is 0 Å². The summed E-state index contributed by atoms with van der Waals surface area (Å²) in [5.41, 5.74) is 1.86. The first-order chi connectivity index (χ1) is 12.9. The minimum atomic E-state index is -0.612. The maximum absolute atomic E-state index is 12.1. The summed E-state index contributed by atoms with van der Waals surface area (Å²) in [6, 6.07) is 9.80. The Morgan fingerprint density at radius 3 is 2.70 bits per heavy atom. The van der Waals surface area contributed by atoms with Crippen LogP contribution in [0.2, 0.25) is 5.02 Å². The van der Waals surface area contributed by atoms with Crippen molar-refractivity contribution in [2.45, 2.75) is 13.0 Å². The second-order valence-electron chi connectivity index (χ2n) is 6.25. The van der Waals surface area contributed by atoms with Gasteiger partial charge in [0.05, 0.1) is 28.1 Å². The number of aromatic amines is 1. The average Bonchev–Trinajstić information content (AvgIpc) is 3.11. The molecule has 0 aliphatic heterocycles. The smallest absolute Gasteiger partial charge is 0.253 e. The van der Waals surface area contributed by atoms with Gasteiger partial charge in [0.2, 0.25) is 0 Å². The van der Waals surface area contributed by atoms with E-state index in [2.05, 4.69) is 20.6 Å². The zero-order chi connectivity index (χ0) is 19.1. The Labute approximate surface area is 158 Å². The molecule has 8 heteroatoms. The van der Waals surface area contributed by atoms with Gasteiger partial charge in [-0.05, 0) is 36.8 Å². The van der Waals surface area contributed by atoms with Crippen molar-refractivity contribution in [1.29, 1.82) is 0 Å². The fourth-order valence-corrected chi connectivity index (χ4v) is 3.14. The van der Waals surface area contributed by atoms with Crippen LogP contribution in [-0.2, 0) is 0 Å². The summed E-state index contributed by atoms with van der Waals surface area (Å²) in [7, 11) is 0. The summed E-state index contributed by atoms with van der Waals surface area (Å²) >= 11 is 6.26. The van der Waals surface area contributed by atoms with Crippen LogP contribution in [0.4, 0.5) is 17.1 Å². The van der Waals surface area contributed by atoms with Gasteiger partial charge in [0, 0.05) is 6.04 Å². The molecule has 7 nitrogen and oxygen atoms in total. The molecule has 0 amide bonds. The van der Waals surface area contributed by atoms with Gasteiger partial charge in [0.25, 0.3) is 10.9 Å². The molecule has 0 saturated heterocycles. The molecule has 4 aromatic rings. The van der Waals surface area contributed by atoms with Gasteiger partial charge in [0.15, 0.2) is 0 Å². The van der Waals surface area contributed by atoms with E-state index in [0.717, 1.165) is 11.1 Å². The lowest BCUT2D eigenvalue weighted by Gasteiger charge is -2.20. The number of anilines is 3. The van der Waals surface area contributed by atoms with Gasteiger partial charge in [-0.15, -0.1) is 0 Å². The summed E-state index contributed by atoms with van der Waals surface area (Å²) in [5, 5.41) is 16.0. The van der Waals surface area contributed by atoms with Crippen LogP contribution in [0.1, 0.15) is 18.5 Å². The van der Waals surface area contributed by atoms with E-state index in [-0.39, 0.29) is 23.2 Å². The van der Waals surface area contributed by atoms with Crippen LogP contribution in [0.15, 0.2) is 52.3 Å². The largest absolute Gasteiger partial charge is 0.508 e. The molecule has 0 fully saturated rings. The molecule has 0 bridgehead atoms. The molecule has 136 valence electrons. The summed E-state index contributed by atoms with van der Waals surface area (Å²) in [4.78, 5) is 31.2. The Morgan fingerprint density at radius 1 is 1.15 bits per heavy atom. The molecule has 1 heterocycles. The minimum absolute atomic E-state index is 0.128.